The molecule has 0 saturated carbocycles. The fourth-order valence-electron chi connectivity index (χ4n) is 2.73. The van der Waals surface area contributed by atoms with Crippen molar-refractivity contribution < 1.29 is 14.4 Å². The van der Waals surface area contributed by atoms with Crippen LogP contribution in [0.1, 0.15) is 42.5 Å². The first-order valence-corrected chi connectivity index (χ1v) is 9.03. The zero-order valence-electron chi connectivity index (χ0n) is 14.2. The number of amides is 3. The smallest absolute Gasteiger partial charge is 0.252 e. The van der Waals surface area contributed by atoms with Crippen LogP contribution in [-0.2, 0) is 9.59 Å². The number of halogens is 1. The number of nitrogens with zero attached hydrogens (tertiary/aromatic N) is 1. The summed E-state index contributed by atoms with van der Waals surface area (Å²) >= 11 is 5.96. The molecule has 25 heavy (non-hydrogen) atoms. The van der Waals surface area contributed by atoms with Crippen LogP contribution in [0.4, 0.5) is 0 Å². The van der Waals surface area contributed by atoms with Crippen molar-refractivity contribution in [1.29, 1.82) is 0 Å². The number of likely N-dealkylation sites (tertiary alicyclic amines) is 1. The lowest BCUT2D eigenvalue weighted by Gasteiger charge is -2.24. The maximum atomic E-state index is 12.0. The second-order valence-corrected chi connectivity index (χ2v) is 6.47. The molecule has 136 valence electrons. The number of rotatable bonds is 6. The number of nitrogens with one attached hydrogen (secondary N) is 2. The summed E-state index contributed by atoms with van der Waals surface area (Å²) in [6, 6.07) is 6.79. The van der Waals surface area contributed by atoms with E-state index in [1.807, 2.05) is 0 Å². The van der Waals surface area contributed by atoms with E-state index in [4.69, 9.17) is 11.6 Å². The van der Waals surface area contributed by atoms with Gasteiger partial charge in [-0.05, 0) is 25.0 Å². The molecule has 3 amide bonds. The van der Waals surface area contributed by atoms with Gasteiger partial charge < -0.3 is 15.5 Å². The van der Waals surface area contributed by atoms with E-state index in [-0.39, 0.29) is 24.3 Å². The number of hydrogen-bond acceptors (Lipinski definition) is 3. The summed E-state index contributed by atoms with van der Waals surface area (Å²) in [5.41, 5.74) is 0.404. The van der Waals surface area contributed by atoms with Gasteiger partial charge in [0.1, 0.15) is 0 Å². The van der Waals surface area contributed by atoms with Crippen LogP contribution in [0.25, 0.3) is 0 Å². The normalized spacial score (nSPS) is 15.2. The zero-order valence-corrected chi connectivity index (χ0v) is 15.0. The summed E-state index contributed by atoms with van der Waals surface area (Å²) in [7, 11) is 0. The summed E-state index contributed by atoms with van der Waals surface area (Å²) in [4.78, 5) is 37.6. The standard InChI is InChI=1S/C18H24ClN3O3/c19-15-8-5-4-7-14(15)18(25)21-11-10-20-16(23)13-22-12-6-2-1-3-9-17(22)24/h4-5,7-8H,1-3,6,9-13H2,(H,20,23)(H,21,25). The molecule has 0 aromatic heterocycles. The molecule has 1 aliphatic rings. The van der Waals surface area contributed by atoms with E-state index >= 15 is 0 Å². The third kappa shape index (κ3) is 6.38. The monoisotopic (exact) mass is 365 g/mol. The minimum absolute atomic E-state index is 0.0434. The highest BCUT2D eigenvalue weighted by molar-refractivity contribution is 6.33. The first kappa shape index (κ1) is 19.2. The van der Waals surface area contributed by atoms with E-state index in [9.17, 15) is 14.4 Å². The first-order chi connectivity index (χ1) is 12.1. The molecule has 2 N–H and O–H groups in total. The Morgan fingerprint density at radius 1 is 1.04 bits per heavy atom. The molecule has 1 aromatic carbocycles. The maximum absolute atomic E-state index is 12.0. The van der Waals surface area contributed by atoms with Gasteiger partial charge in [0.2, 0.25) is 11.8 Å². The summed E-state index contributed by atoms with van der Waals surface area (Å²) in [6.07, 6.45) is 4.52. The van der Waals surface area contributed by atoms with Gasteiger partial charge in [-0.3, -0.25) is 14.4 Å². The lowest BCUT2D eigenvalue weighted by Crippen LogP contribution is -2.43. The minimum atomic E-state index is -0.279. The molecule has 1 aromatic rings. The average molecular weight is 366 g/mol. The van der Waals surface area contributed by atoms with Gasteiger partial charge in [-0.25, -0.2) is 0 Å². The van der Waals surface area contributed by atoms with E-state index in [0.29, 0.717) is 36.6 Å². The Bertz CT molecular complexity index is 621. The van der Waals surface area contributed by atoms with Crippen LogP contribution in [-0.4, -0.2) is 48.8 Å². The van der Waals surface area contributed by atoms with Gasteiger partial charge in [0.05, 0.1) is 17.1 Å². The van der Waals surface area contributed by atoms with Crippen molar-refractivity contribution in [3.8, 4) is 0 Å². The van der Waals surface area contributed by atoms with Crippen molar-refractivity contribution in [3.05, 3.63) is 34.9 Å². The fourth-order valence-corrected chi connectivity index (χ4v) is 2.95. The van der Waals surface area contributed by atoms with Crippen molar-refractivity contribution >= 4 is 29.3 Å². The van der Waals surface area contributed by atoms with Crippen LogP contribution in [0.2, 0.25) is 5.02 Å². The van der Waals surface area contributed by atoms with Gasteiger partial charge in [0.15, 0.2) is 0 Å². The van der Waals surface area contributed by atoms with E-state index < -0.39 is 0 Å². The molecule has 1 fully saturated rings. The molecule has 1 heterocycles. The highest BCUT2D eigenvalue weighted by Gasteiger charge is 2.18. The van der Waals surface area contributed by atoms with E-state index in [1.165, 1.54) is 0 Å². The van der Waals surface area contributed by atoms with Crippen molar-refractivity contribution in [1.82, 2.24) is 15.5 Å². The molecule has 0 radical (unpaired) electrons. The average Bonchev–Trinajstić information content (AvgIpc) is 2.58. The predicted molar refractivity (Wildman–Crippen MR) is 96.5 cm³/mol. The number of benzene rings is 1. The van der Waals surface area contributed by atoms with Crippen LogP contribution in [0.15, 0.2) is 24.3 Å². The van der Waals surface area contributed by atoms with Gasteiger partial charge in [0.25, 0.3) is 5.91 Å². The highest BCUT2D eigenvalue weighted by atomic mass is 35.5. The van der Waals surface area contributed by atoms with Gasteiger partial charge in [0, 0.05) is 26.1 Å². The largest absolute Gasteiger partial charge is 0.353 e. The minimum Gasteiger partial charge on any atom is -0.353 e. The van der Waals surface area contributed by atoms with Gasteiger partial charge in [-0.1, -0.05) is 36.6 Å². The molecule has 0 spiro atoms. The predicted octanol–water partition coefficient (Wildman–Crippen LogP) is 1.98. The number of hydrogen-bond donors (Lipinski definition) is 2. The zero-order chi connectivity index (χ0) is 18.1. The first-order valence-electron chi connectivity index (χ1n) is 8.65. The van der Waals surface area contributed by atoms with Crippen molar-refractivity contribution in [3.63, 3.8) is 0 Å². The second-order valence-electron chi connectivity index (χ2n) is 6.07. The third-order valence-electron chi connectivity index (χ3n) is 4.11. The van der Waals surface area contributed by atoms with E-state index in [0.717, 1.165) is 25.7 Å². The van der Waals surface area contributed by atoms with Crippen molar-refractivity contribution in [2.75, 3.05) is 26.2 Å². The van der Waals surface area contributed by atoms with E-state index in [1.54, 1.807) is 29.2 Å². The lowest BCUT2D eigenvalue weighted by atomic mass is 10.1. The SMILES string of the molecule is O=C(CN1CCCCCCC1=O)NCCNC(=O)c1ccccc1Cl. The molecule has 6 nitrogen and oxygen atoms in total. The second kappa shape index (κ2) is 10.0. The van der Waals surface area contributed by atoms with Gasteiger partial charge in [-0.15, -0.1) is 0 Å². The van der Waals surface area contributed by atoms with Crippen LogP contribution in [0, 0.1) is 0 Å². The lowest BCUT2D eigenvalue weighted by molar-refractivity contribution is -0.136. The molecule has 2 rings (SSSR count). The molecule has 0 atom stereocenters. The number of carbonyl (C=O) groups is 3. The molecule has 0 bridgehead atoms. The Morgan fingerprint density at radius 3 is 2.56 bits per heavy atom. The summed E-state index contributed by atoms with van der Waals surface area (Å²) in [6.45, 7) is 1.31. The Hall–Kier alpha value is -2.08. The Labute approximate surface area is 152 Å². The molecule has 7 heteroatoms. The Balaban J connectivity index is 1.69. The molecular formula is C18H24ClN3O3. The third-order valence-corrected chi connectivity index (χ3v) is 4.44. The molecule has 1 saturated heterocycles. The van der Waals surface area contributed by atoms with Crippen LogP contribution in [0.3, 0.4) is 0 Å². The van der Waals surface area contributed by atoms with Crippen molar-refractivity contribution in [2.45, 2.75) is 32.1 Å². The molecule has 0 unspecified atom stereocenters. The quantitative estimate of drug-likeness (QED) is 0.756. The topological polar surface area (TPSA) is 78.5 Å². The van der Waals surface area contributed by atoms with Gasteiger partial charge >= 0.3 is 0 Å². The number of carbonyl (C=O) groups excluding carboxylic acids is 3. The van der Waals surface area contributed by atoms with Crippen molar-refractivity contribution in [2.24, 2.45) is 0 Å². The fraction of sp³-hybridized carbons (Fsp3) is 0.500. The summed E-state index contributed by atoms with van der Waals surface area (Å²) in [5.74, 6) is -0.443. The van der Waals surface area contributed by atoms with Gasteiger partial charge in [-0.2, -0.15) is 0 Å². The van der Waals surface area contributed by atoms with Crippen LogP contribution in [0.5, 0.6) is 0 Å². The summed E-state index contributed by atoms with van der Waals surface area (Å²) < 4.78 is 0. The molecule has 0 aliphatic carbocycles. The Kier molecular flexibility index (Phi) is 7.73. The highest BCUT2D eigenvalue weighted by Crippen LogP contribution is 2.14. The summed E-state index contributed by atoms with van der Waals surface area (Å²) in [5, 5.41) is 5.82. The Morgan fingerprint density at radius 2 is 1.76 bits per heavy atom. The molecule has 1 aliphatic heterocycles. The van der Waals surface area contributed by atoms with Crippen LogP contribution >= 0.6 is 11.6 Å². The van der Waals surface area contributed by atoms with E-state index in [2.05, 4.69) is 10.6 Å². The van der Waals surface area contributed by atoms with Crippen LogP contribution < -0.4 is 10.6 Å². The maximum Gasteiger partial charge on any atom is 0.252 e. The molecular weight excluding hydrogens is 342 g/mol.